The molecule has 0 bridgehead atoms. The van der Waals surface area contributed by atoms with Crippen LogP contribution in [0.2, 0.25) is 0 Å². The maximum atomic E-state index is 12.9. The van der Waals surface area contributed by atoms with Gasteiger partial charge in [-0.15, -0.1) is 0 Å². The van der Waals surface area contributed by atoms with Crippen molar-refractivity contribution in [3.63, 3.8) is 0 Å². The minimum Gasteiger partial charge on any atom is -0.466 e. The van der Waals surface area contributed by atoms with Crippen LogP contribution in [-0.4, -0.2) is 22.5 Å². The lowest BCUT2D eigenvalue weighted by Crippen LogP contribution is -2.13. The highest BCUT2D eigenvalue weighted by Gasteiger charge is 2.28. The minimum atomic E-state index is -2.95. The van der Waals surface area contributed by atoms with Crippen LogP contribution < -0.4 is 0 Å². The number of esters is 1. The fraction of sp³-hybridized carbons (Fsp3) is 0.400. The first-order valence-corrected chi connectivity index (χ1v) is 6.21. The Morgan fingerprint density at radius 1 is 1.63 bits per heavy atom. The van der Waals surface area contributed by atoms with E-state index in [2.05, 4.69) is 9.72 Å². The van der Waals surface area contributed by atoms with Crippen LogP contribution in [0.15, 0.2) is 6.20 Å². The van der Waals surface area contributed by atoms with E-state index < -0.39 is 35.0 Å². The van der Waals surface area contributed by atoms with Crippen LogP contribution in [0.25, 0.3) is 0 Å². The van der Waals surface area contributed by atoms with Gasteiger partial charge in [0.25, 0.3) is 12.1 Å². The molecule has 19 heavy (non-hydrogen) atoms. The van der Waals surface area contributed by atoms with Crippen LogP contribution in [0.5, 0.6) is 0 Å². The summed E-state index contributed by atoms with van der Waals surface area (Å²) in [6, 6.07) is 0. The van der Waals surface area contributed by atoms with E-state index in [0.717, 1.165) is 6.20 Å². The van der Waals surface area contributed by atoms with Crippen molar-refractivity contribution >= 4 is 34.2 Å². The molecular formula is C10H9F2IN2O4. The minimum absolute atomic E-state index is 0.0683. The maximum Gasteiger partial charge on any atom is 0.310 e. The molecule has 0 aliphatic carbocycles. The number of nitrogens with zero attached hydrogens (tertiary/aromatic N) is 2. The highest BCUT2D eigenvalue weighted by Crippen LogP contribution is 2.32. The number of nitro groups is 1. The Morgan fingerprint density at radius 2 is 2.26 bits per heavy atom. The van der Waals surface area contributed by atoms with Crippen molar-refractivity contribution in [1.29, 1.82) is 0 Å². The third-order valence-corrected chi connectivity index (χ3v) is 3.06. The van der Waals surface area contributed by atoms with Crippen LogP contribution in [0.1, 0.15) is 24.5 Å². The van der Waals surface area contributed by atoms with Crippen LogP contribution in [0.4, 0.5) is 14.5 Å². The lowest BCUT2D eigenvalue weighted by Gasteiger charge is -2.10. The summed E-state index contributed by atoms with van der Waals surface area (Å²) in [4.78, 5) is 24.9. The summed E-state index contributed by atoms with van der Waals surface area (Å²) in [6.07, 6.45) is -2.67. The van der Waals surface area contributed by atoms with Gasteiger partial charge in [0.15, 0.2) is 0 Å². The average molecular weight is 386 g/mol. The van der Waals surface area contributed by atoms with Crippen LogP contribution >= 0.6 is 22.6 Å². The molecule has 6 nitrogen and oxygen atoms in total. The van der Waals surface area contributed by atoms with Gasteiger partial charge in [-0.1, -0.05) is 0 Å². The number of pyridine rings is 1. The Kier molecular flexibility index (Phi) is 5.51. The molecule has 0 aliphatic heterocycles. The van der Waals surface area contributed by atoms with E-state index in [1.807, 2.05) is 0 Å². The van der Waals surface area contributed by atoms with Gasteiger partial charge in [0.1, 0.15) is 9.90 Å². The van der Waals surface area contributed by atoms with E-state index in [-0.39, 0.29) is 15.9 Å². The van der Waals surface area contributed by atoms with E-state index in [0.29, 0.717) is 0 Å². The standard InChI is InChI=1S/C10H9F2IN2O4/c1-2-19-7(16)3-5-6(15(17)18)4-14-10(13)8(5)9(11)12/h4,9H,2-3H2,1H3. The van der Waals surface area contributed by atoms with Gasteiger partial charge in [0, 0.05) is 0 Å². The zero-order chi connectivity index (χ0) is 14.6. The van der Waals surface area contributed by atoms with E-state index in [9.17, 15) is 23.7 Å². The quantitative estimate of drug-likeness (QED) is 0.256. The second kappa shape index (κ2) is 6.68. The lowest BCUT2D eigenvalue weighted by atomic mass is 10.1. The summed E-state index contributed by atoms with van der Waals surface area (Å²) in [5.74, 6) is -0.797. The SMILES string of the molecule is CCOC(=O)Cc1c([N+](=O)[O-])cnc(I)c1C(F)F. The van der Waals surface area contributed by atoms with Crippen molar-refractivity contribution in [2.24, 2.45) is 0 Å². The van der Waals surface area contributed by atoms with E-state index in [1.165, 1.54) is 0 Å². The number of hydrogen-bond donors (Lipinski definition) is 0. The predicted molar refractivity (Wildman–Crippen MR) is 68.9 cm³/mol. The zero-order valence-corrected chi connectivity index (χ0v) is 11.9. The highest BCUT2D eigenvalue weighted by molar-refractivity contribution is 14.1. The van der Waals surface area contributed by atoms with Gasteiger partial charge in [0.2, 0.25) is 0 Å². The molecule has 0 amide bonds. The van der Waals surface area contributed by atoms with E-state index in [1.54, 1.807) is 29.5 Å². The van der Waals surface area contributed by atoms with Gasteiger partial charge in [-0.25, -0.2) is 13.8 Å². The molecule has 1 rings (SSSR count). The molecule has 0 spiro atoms. The number of alkyl halides is 2. The van der Waals surface area contributed by atoms with Crippen LogP contribution in [-0.2, 0) is 16.0 Å². The second-order valence-corrected chi connectivity index (χ2v) is 4.39. The first-order valence-electron chi connectivity index (χ1n) is 5.13. The molecule has 1 heterocycles. The number of aromatic nitrogens is 1. The van der Waals surface area contributed by atoms with Crippen molar-refractivity contribution in [1.82, 2.24) is 4.98 Å². The van der Waals surface area contributed by atoms with Crippen molar-refractivity contribution in [3.05, 3.63) is 31.1 Å². The zero-order valence-electron chi connectivity index (χ0n) is 9.73. The number of rotatable bonds is 5. The first kappa shape index (κ1) is 15.7. The molecule has 0 saturated carbocycles. The fourth-order valence-corrected chi connectivity index (χ4v) is 2.15. The maximum absolute atomic E-state index is 12.9. The molecule has 0 fully saturated rings. The van der Waals surface area contributed by atoms with Crippen LogP contribution in [0, 0.1) is 13.8 Å². The molecule has 0 atom stereocenters. The Labute approximate surface area is 120 Å². The number of halogens is 3. The molecule has 0 saturated heterocycles. The number of hydrogen-bond acceptors (Lipinski definition) is 5. The van der Waals surface area contributed by atoms with Crippen LogP contribution in [0.3, 0.4) is 0 Å². The molecule has 0 aromatic carbocycles. The molecule has 0 radical (unpaired) electrons. The van der Waals surface area contributed by atoms with Gasteiger partial charge >= 0.3 is 5.97 Å². The molecule has 104 valence electrons. The van der Waals surface area contributed by atoms with Crippen molar-refractivity contribution < 1.29 is 23.2 Å². The number of carbonyl (C=O) groups excluding carboxylic acids is 1. The Hall–Kier alpha value is -1.39. The van der Waals surface area contributed by atoms with Crippen molar-refractivity contribution in [3.8, 4) is 0 Å². The molecular weight excluding hydrogens is 377 g/mol. The van der Waals surface area contributed by atoms with Gasteiger partial charge in [0.05, 0.1) is 29.1 Å². The Balaban J connectivity index is 3.33. The Bertz CT molecular complexity index is 511. The van der Waals surface area contributed by atoms with Crippen molar-refractivity contribution in [2.75, 3.05) is 6.61 Å². The molecule has 9 heteroatoms. The van der Waals surface area contributed by atoms with Gasteiger partial charge in [-0.3, -0.25) is 14.9 Å². The van der Waals surface area contributed by atoms with Gasteiger partial charge < -0.3 is 4.74 Å². The molecule has 1 aromatic rings. The third kappa shape index (κ3) is 3.78. The summed E-state index contributed by atoms with van der Waals surface area (Å²) < 4.78 is 30.5. The normalized spacial score (nSPS) is 10.6. The topological polar surface area (TPSA) is 82.3 Å². The summed E-state index contributed by atoms with van der Waals surface area (Å²) in [5.41, 5.74) is -1.55. The van der Waals surface area contributed by atoms with Gasteiger partial charge in [-0.05, 0) is 29.5 Å². The fourth-order valence-electron chi connectivity index (χ4n) is 1.45. The van der Waals surface area contributed by atoms with E-state index >= 15 is 0 Å². The predicted octanol–water partition coefficient (Wildman–Crippen LogP) is 2.64. The Morgan fingerprint density at radius 3 is 2.74 bits per heavy atom. The molecule has 0 N–H and O–H groups in total. The summed E-state index contributed by atoms with van der Waals surface area (Å²) in [6.45, 7) is 1.62. The average Bonchev–Trinajstić information content (AvgIpc) is 2.28. The smallest absolute Gasteiger partial charge is 0.310 e. The summed E-state index contributed by atoms with van der Waals surface area (Å²) in [7, 11) is 0. The molecule has 0 unspecified atom stereocenters. The first-order chi connectivity index (χ1) is 8.88. The largest absolute Gasteiger partial charge is 0.466 e. The van der Waals surface area contributed by atoms with E-state index in [4.69, 9.17) is 0 Å². The second-order valence-electron chi connectivity index (χ2n) is 3.37. The highest BCUT2D eigenvalue weighted by atomic mass is 127. The number of carbonyl (C=O) groups is 1. The number of ether oxygens (including phenoxy) is 1. The third-order valence-electron chi connectivity index (χ3n) is 2.20. The summed E-state index contributed by atoms with van der Waals surface area (Å²) in [5, 5.41) is 10.8. The molecule has 1 aromatic heterocycles. The molecule has 0 aliphatic rings. The summed E-state index contributed by atoms with van der Waals surface area (Å²) >= 11 is 1.54. The van der Waals surface area contributed by atoms with Crippen molar-refractivity contribution in [2.45, 2.75) is 19.8 Å². The monoisotopic (exact) mass is 386 g/mol. The lowest BCUT2D eigenvalue weighted by molar-refractivity contribution is -0.386. The van der Waals surface area contributed by atoms with Gasteiger partial charge in [-0.2, -0.15) is 0 Å².